The Morgan fingerprint density at radius 1 is 0.224 bits per heavy atom. The zero-order valence-electron chi connectivity index (χ0n) is 28.1. The fourth-order valence-corrected chi connectivity index (χ4v) is 8.01. The smallest absolute Gasteiger partial charge is 0.00261 e. The van der Waals surface area contributed by atoms with Gasteiger partial charge in [-0.05, 0) is 120 Å². The Bertz CT molecular complexity index is 2410. The lowest BCUT2D eigenvalue weighted by Crippen LogP contribution is -1.94. The Kier molecular flexibility index (Phi) is 6.92. The molecule has 0 nitrogen and oxygen atoms in total. The molecule has 0 aliphatic carbocycles. The molecule has 0 fully saturated rings. The van der Waals surface area contributed by atoms with Crippen LogP contribution in [-0.4, -0.2) is 0 Å². The number of fused-ring (bicyclic) bond motifs is 4. The van der Waals surface area contributed by atoms with Crippen LogP contribution in [0.2, 0.25) is 0 Å². The SMILES string of the molecule is Cc1ccc(-c2c3ccccc3c(-c3cc(C)cc(-c4c5ccccc5c(-c5ccc(C)cc5)c5ccccc45)c3)c3ccccc23)cc1. The van der Waals surface area contributed by atoms with Crippen molar-refractivity contribution < 1.29 is 0 Å². The molecule has 49 heavy (non-hydrogen) atoms. The summed E-state index contributed by atoms with van der Waals surface area (Å²) in [7, 11) is 0. The van der Waals surface area contributed by atoms with Crippen molar-refractivity contribution in [3.05, 3.63) is 180 Å². The second kappa shape index (κ2) is 11.6. The van der Waals surface area contributed by atoms with Gasteiger partial charge in [0.05, 0.1) is 0 Å². The fourth-order valence-electron chi connectivity index (χ4n) is 8.01. The van der Waals surface area contributed by atoms with Gasteiger partial charge in [-0.15, -0.1) is 0 Å². The molecule has 0 aliphatic heterocycles. The molecule has 9 rings (SSSR count). The molecular formula is C49H36. The highest BCUT2D eigenvalue weighted by Crippen LogP contribution is 2.47. The Morgan fingerprint density at radius 2 is 0.469 bits per heavy atom. The highest BCUT2D eigenvalue weighted by Gasteiger charge is 2.20. The molecule has 0 aromatic heterocycles. The summed E-state index contributed by atoms with van der Waals surface area (Å²) in [6, 6.07) is 60.9. The predicted molar refractivity (Wildman–Crippen MR) is 212 cm³/mol. The molecule has 0 bridgehead atoms. The van der Waals surface area contributed by atoms with E-state index in [0.717, 1.165) is 0 Å². The van der Waals surface area contributed by atoms with Crippen LogP contribution in [0.25, 0.3) is 87.6 Å². The Balaban J connectivity index is 1.36. The normalized spacial score (nSPS) is 11.6. The molecule has 9 aromatic rings. The fraction of sp³-hybridized carbons (Fsp3) is 0.0612. The van der Waals surface area contributed by atoms with Crippen LogP contribution < -0.4 is 0 Å². The van der Waals surface area contributed by atoms with Crippen LogP contribution in [0.4, 0.5) is 0 Å². The number of benzene rings is 9. The summed E-state index contributed by atoms with van der Waals surface area (Å²) in [4.78, 5) is 0. The lowest BCUT2D eigenvalue weighted by atomic mass is 9.83. The van der Waals surface area contributed by atoms with E-state index in [9.17, 15) is 0 Å². The lowest BCUT2D eigenvalue weighted by Gasteiger charge is -2.20. The van der Waals surface area contributed by atoms with E-state index in [1.807, 2.05) is 0 Å². The van der Waals surface area contributed by atoms with Gasteiger partial charge in [-0.1, -0.05) is 169 Å². The number of hydrogen-bond acceptors (Lipinski definition) is 0. The summed E-state index contributed by atoms with van der Waals surface area (Å²) in [5.74, 6) is 0. The first kappa shape index (κ1) is 29.2. The first-order chi connectivity index (χ1) is 24.0. The quantitative estimate of drug-likeness (QED) is 0.171. The van der Waals surface area contributed by atoms with Crippen molar-refractivity contribution in [2.45, 2.75) is 20.8 Å². The molecule has 0 unspecified atom stereocenters. The van der Waals surface area contributed by atoms with Gasteiger partial charge in [0.25, 0.3) is 0 Å². The third-order valence-electron chi connectivity index (χ3n) is 10.2. The van der Waals surface area contributed by atoms with Crippen molar-refractivity contribution in [1.29, 1.82) is 0 Å². The Hall–Kier alpha value is -5.98. The first-order valence-electron chi connectivity index (χ1n) is 17.2. The van der Waals surface area contributed by atoms with Gasteiger partial charge in [0.15, 0.2) is 0 Å². The van der Waals surface area contributed by atoms with Crippen molar-refractivity contribution in [1.82, 2.24) is 0 Å². The molecular weight excluding hydrogens is 589 g/mol. The van der Waals surface area contributed by atoms with E-state index in [1.54, 1.807) is 0 Å². The first-order valence-corrected chi connectivity index (χ1v) is 17.2. The minimum atomic E-state index is 1.24. The summed E-state index contributed by atoms with van der Waals surface area (Å²) >= 11 is 0. The number of aryl methyl sites for hydroxylation is 3. The topological polar surface area (TPSA) is 0 Å². The van der Waals surface area contributed by atoms with E-state index in [1.165, 1.54) is 104 Å². The zero-order chi connectivity index (χ0) is 33.1. The molecule has 0 N–H and O–H groups in total. The van der Waals surface area contributed by atoms with Crippen molar-refractivity contribution in [2.24, 2.45) is 0 Å². The second-order valence-corrected chi connectivity index (χ2v) is 13.5. The molecule has 232 valence electrons. The van der Waals surface area contributed by atoms with Gasteiger partial charge in [0.2, 0.25) is 0 Å². The predicted octanol–water partition coefficient (Wildman–Crippen LogP) is 13.9. The van der Waals surface area contributed by atoms with E-state index in [4.69, 9.17) is 0 Å². The van der Waals surface area contributed by atoms with E-state index in [2.05, 4.69) is 185 Å². The maximum atomic E-state index is 2.44. The van der Waals surface area contributed by atoms with Crippen molar-refractivity contribution in [3.63, 3.8) is 0 Å². The highest BCUT2D eigenvalue weighted by atomic mass is 14.2. The van der Waals surface area contributed by atoms with Gasteiger partial charge in [-0.25, -0.2) is 0 Å². The van der Waals surface area contributed by atoms with Gasteiger partial charge in [-0.3, -0.25) is 0 Å². The maximum absolute atomic E-state index is 2.44. The van der Waals surface area contributed by atoms with Crippen LogP contribution in [0.3, 0.4) is 0 Å². The molecule has 0 saturated carbocycles. The second-order valence-electron chi connectivity index (χ2n) is 13.5. The summed E-state index contributed by atoms with van der Waals surface area (Å²) in [5, 5.41) is 10.2. The average molecular weight is 625 g/mol. The Labute approximate surface area is 287 Å². The number of hydrogen-bond donors (Lipinski definition) is 0. The van der Waals surface area contributed by atoms with E-state index in [-0.39, 0.29) is 0 Å². The van der Waals surface area contributed by atoms with Gasteiger partial charge < -0.3 is 0 Å². The molecule has 0 heterocycles. The van der Waals surface area contributed by atoms with Gasteiger partial charge in [0.1, 0.15) is 0 Å². The van der Waals surface area contributed by atoms with E-state index >= 15 is 0 Å². The van der Waals surface area contributed by atoms with Crippen LogP contribution in [0.1, 0.15) is 16.7 Å². The lowest BCUT2D eigenvalue weighted by molar-refractivity contribution is 1.47. The van der Waals surface area contributed by atoms with Crippen LogP contribution in [0.5, 0.6) is 0 Å². The molecule has 0 saturated heterocycles. The standard InChI is InChI=1S/C49H36/c1-31-20-24-34(25-21-31)46-38-12-4-8-16-42(38)48(43-17-9-5-13-39(43)46)36-28-33(3)29-37(30-36)49-44-18-10-6-14-40(44)47(35-26-22-32(2)23-27-35)41-15-7-11-19-45(41)49/h4-30H,1-3H3. The average Bonchev–Trinajstić information content (AvgIpc) is 3.13. The monoisotopic (exact) mass is 624 g/mol. The third-order valence-corrected chi connectivity index (χ3v) is 10.2. The molecule has 9 aromatic carbocycles. The molecule has 0 radical (unpaired) electrons. The molecule has 0 aliphatic rings. The Morgan fingerprint density at radius 3 is 0.735 bits per heavy atom. The summed E-state index contributed by atoms with van der Waals surface area (Å²) in [5.41, 5.74) is 14.0. The molecule has 0 spiro atoms. The molecule has 0 atom stereocenters. The summed E-state index contributed by atoms with van der Waals surface area (Å²) in [6.45, 7) is 6.55. The molecule has 0 amide bonds. The van der Waals surface area contributed by atoms with E-state index < -0.39 is 0 Å². The van der Waals surface area contributed by atoms with Gasteiger partial charge in [-0.2, -0.15) is 0 Å². The minimum Gasteiger partial charge on any atom is -0.0616 e. The summed E-state index contributed by atoms with van der Waals surface area (Å²) < 4.78 is 0. The van der Waals surface area contributed by atoms with Crippen molar-refractivity contribution in [2.75, 3.05) is 0 Å². The van der Waals surface area contributed by atoms with Gasteiger partial charge >= 0.3 is 0 Å². The van der Waals surface area contributed by atoms with Crippen LogP contribution in [0.15, 0.2) is 164 Å². The molecule has 0 heteroatoms. The maximum Gasteiger partial charge on any atom is -0.00261 e. The van der Waals surface area contributed by atoms with Crippen LogP contribution in [-0.2, 0) is 0 Å². The minimum absolute atomic E-state index is 1.24. The number of rotatable bonds is 4. The van der Waals surface area contributed by atoms with Crippen LogP contribution in [0, 0.1) is 20.8 Å². The van der Waals surface area contributed by atoms with Gasteiger partial charge in [0, 0.05) is 0 Å². The largest absolute Gasteiger partial charge is 0.0616 e. The third kappa shape index (κ3) is 4.83. The van der Waals surface area contributed by atoms with E-state index in [0.29, 0.717) is 0 Å². The van der Waals surface area contributed by atoms with Crippen LogP contribution >= 0.6 is 0 Å². The van der Waals surface area contributed by atoms with Crippen molar-refractivity contribution >= 4 is 43.1 Å². The summed E-state index contributed by atoms with van der Waals surface area (Å²) in [6.07, 6.45) is 0. The zero-order valence-corrected chi connectivity index (χ0v) is 28.1. The van der Waals surface area contributed by atoms with Crippen molar-refractivity contribution in [3.8, 4) is 44.5 Å². The highest BCUT2D eigenvalue weighted by molar-refractivity contribution is 6.23.